The average Bonchev–Trinajstić information content (AvgIpc) is 2.03. The summed E-state index contributed by atoms with van der Waals surface area (Å²) in [5, 5.41) is 9.43. The Bertz CT molecular complexity index is 115. The number of hydrogen-bond acceptors (Lipinski definition) is 2. The zero-order chi connectivity index (χ0) is 10.3. The Morgan fingerprint density at radius 2 is 1.92 bits per heavy atom. The first-order valence-electron chi connectivity index (χ1n) is 5.39. The maximum absolute atomic E-state index is 9.43. The molecule has 1 N–H and O–H groups in total. The number of hydrogen-bond donors (Lipinski definition) is 1. The molecule has 0 aliphatic carbocycles. The van der Waals surface area contributed by atoms with Crippen LogP contribution >= 0.6 is 0 Å². The van der Waals surface area contributed by atoms with Crippen molar-refractivity contribution < 1.29 is 5.11 Å². The molecule has 0 aromatic rings. The molecule has 0 bridgehead atoms. The van der Waals surface area contributed by atoms with E-state index in [0.29, 0.717) is 5.92 Å². The molecule has 2 unspecified atom stereocenters. The molecule has 0 aromatic carbocycles. The van der Waals surface area contributed by atoms with Gasteiger partial charge in [-0.3, -0.25) is 0 Å². The number of aliphatic hydroxyl groups excluding tert-OH is 1. The summed E-state index contributed by atoms with van der Waals surface area (Å²) in [5.74, 6) is 0.662. The fourth-order valence-electron chi connectivity index (χ4n) is 1.50. The maximum atomic E-state index is 9.43. The highest BCUT2D eigenvalue weighted by molar-refractivity contribution is 4.60. The molecule has 2 atom stereocenters. The van der Waals surface area contributed by atoms with E-state index in [4.69, 9.17) is 0 Å². The predicted molar refractivity (Wildman–Crippen MR) is 57.9 cm³/mol. The van der Waals surface area contributed by atoms with Gasteiger partial charge < -0.3 is 10.0 Å². The monoisotopic (exact) mass is 187 g/mol. The molecule has 80 valence electrons. The zero-order valence-corrected chi connectivity index (χ0v) is 9.58. The van der Waals surface area contributed by atoms with Crippen LogP contribution < -0.4 is 0 Å². The molecule has 0 aliphatic rings. The van der Waals surface area contributed by atoms with E-state index in [-0.39, 0.29) is 6.10 Å². The van der Waals surface area contributed by atoms with E-state index in [1.54, 1.807) is 0 Å². The lowest BCUT2D eigenvalue weighted by molar-refractivity contribution is 0.138. The number of aliphatic hydroxyl groups is 1. The van der Waals surface area contributed by atoms with Gasteiger partial charge in [0.2, 0.25) is 0 Å². The van der Waals surface area contributed by atoms with Crippen LogP contribution in [0.1, 0.15) is 39.5 Å². The van der Waals surface area contributed by atoms with Crippen LogP contribution in [0.5, 0.6) is 0 Å². The standard InChI is InChI=1S/C11H25NO/c1-5-11(13)9-10(2)7-6-8-12(3)4/h10-11,13H,5-9H2,1-4H3. The first-order chi connectivity index (χ1) is 6.06. The van der Waals surface area contributed by atoms with E-state index in [1.165, 1.54) is 12.8 Å². The van der Waals surface area contributed by atoms with Gasteiger partial charge >= 0.3 is 0 Å². The molecule has 0 amide bonds. The Labute approximate surface area is 82.9 Å². The Morgan fingerprint density at radius 3 is 2.38 bits per heavy atom. The van der Waals surface area contributed by atoms with Crippen molar-refractivity contribution in [2.45, 2.75) is 45.6 Å². The summed E-state index contributed by atoms with van der Waals surface area (Å²) in [5.41, 5.74) is 0. The van der Waals surface area contributed by atoms with Crippen molar-refractivity contribution in [3.8, 4) is 0 Å². The molecular weight excluding hydrogens is 162 g/mol. The number of nitrogens with zero attached hydrogens (tertiary/aromatic N) is 1. The molecule has 0 spiro atoms. The second-order valence-corrected chi connectivity index (χ2v) is 4.35. The van der Waals surface area contributed by atoms with Gasteiger partial charge in [0.05, 0.1) is 6.10 Å². The molecule has 13 heavy (non-hydrogen) atoms. The van der Waals surface area contributed by atoms with E-state index in [0.717, 1.165) is 19.4 Å². The highest BCUT2D eigenvalue weighted by Gasteiger charge is 2.07. The summed E-state index contributed by atoms with van der Waals surface area (Å²) in [4.78, 5) is 2.21. The zero-order valence-electron chi connectivity index (χ0n) is 9.58. The van der Waals surface area contributed by atoms with E-state index in [1.807, 2.05) is 6.92 Å². The molecule has 2 heteroatoms. The summed E-state index contributed by atoms with van der Waals surface area (Å²) in [6.45, 7) is 5.43. The Hall–Kier alpha value is -0.0800. The van der Waals surface area contributed by atoms with Crippen molar-refractivity contribution in [3.63, 3.8) is 0 Å². The lowest BCUT2D eigenvalue weighted by Gasteiger charge is -2.16. The van der Waals surface area contributed by atoms with Crippen LogP contribution in [0.3, 0.4) is 0 Å². The van der Waals surface area contributed by atoms with Crippen molar-refractivity contribution in [1.82, 2.24) is 4.90 Å². The van der Waals surface area contributed by atoms with Crippen molar-refractivity contribution in [2.24, 2.45) is 5.92 Å². The van der Waals surface area contributed by atoms with Crippen molar-refractivity contribution in [3.05, 3.63) is 0 Å². The molecule has 2 nitrogen and oxygen atoms in total. The summed E-state index contributed by atoms with van der Waals surface area (Å²) in [7, 11) is 4.21. The first kappa shape index (κ1) is 12.9. The lowest BCUT2D eigenvalue weighted by Crippen LogP contribution is -2.15. The first-order valence-corrected chi connectivity index (χ1v) is 5.39. The van der Waals surface area contributed by atoms with Gasteiger partial charge in [0.15, 0.2) is 0 Å². The normalized spacial score (nSPS) is 16.2. The second-order valence-electron chi connectivity index (χ2n) is 4.35. The fraction of sp³-hybridized carbons (Fsp3) is 1.00. The summed E-state index contributed by atoms with van der Waals surface area (Å²) in [6.07, 6.45) is 4.23. The minimum atomic E-state index is -0.0886. The highest BCUT2D eigenvalue weighted by atomic mass is 16.3. The van der Waals surface area contributed by atoms with Crippen LogP contribution in [0.25, 0.3) is 0 Å². The molecular formula is C11H25NO. The smallest absolute Gasteiger partial charge is 0.0540 e. The summed E-state index contributed by atoms with van der Waals surface area (Å²) >= 11 is 0. The van der Waals surface area contributed by atoms with Crippen molar-refractivity contribution >= 4 is 0 Å². The summed E-state index contributed by atoms with van der Waals surface area (Å²) in [6, 6.07) is 0. The van der Waals surface area contributed by atoms with Gasteiger partial charge in [-0.15, -0.1) is 0 Å². The lowest BCUT2D eigenvalue weighted by atomic mass is 9.97. The Balaban J connectivity index is 3.34. The third-order valence-corrected chi connectivity index (χ3v) is 2.45. The van der Waals surface area contributed by atoms with Crippen LogP contribution in [0, 0.1) is 5.92 Å². The van der Waals surface area contributed by atoms with Crippen molar-refractivity contribution in [2.75, 3.05) is 20.6 Å². The molecule has 0 rings (SSSR count). The predicted octanol–water partition coefficient (Wildman–Crippen LogP) is 2.13. The van der Waals surface area contributed by atoms with Gasteiger partial charge in [0.25, 0.3) is 0 Å². The topological polar surface area (TPSA) is 23.5 Å². The molecule has 0 heterocycles. The average molecular weight is 187 g/mol. The highest BCUT2D eigenvalue weighted by Crippen LogP contribution is 2.14. The quantitative estimate of drug-likeness (QED) is 0.660. The third-order valence-electron chi connectivity index (χ3n) is 2.45. The minimum absolute atomic E-state index is 0.0886. The van der Waals surface area contributed by atoms with E-state index in [2.05, 4.69) is 25.9 Å². The molecule has 0 fully saturated rings. The SMILES string of the molecule is CCC(O)CC(C)CCCN(C)C. The Kier molecular flexibility index (Phi) is 7.29. The van der Waals surface area contributed by atoms with E-state index in [9.17, 15) is 5.11 Å². The largest absolute Gasteiger partial charge is 0.393 e. The second kappa shape index (κ2) is 7.34. The van der Waals surface area contributed by atoms with Crippen LogP contribution in [0.4, 0.5) is 0 Å². The summed E-state index contributed by atoms with van der Waals surface area (Å²) < 4.78 is 0. The molecule has 0 saturated heterocycles. The van der Waals surface area contributed by atoms with Crippen LogP contribution in [0.2, 0.25) is 0 Å². The van der Waals surface area contributed by atoms with Crippen LogP contribution in [-0.2, 0) is 0 Å². The molecule has 0 radical (unpaired) electrons. The van der Waals surface area contributed by atoms with Gasteiger partial charge in [0.1, 0.15) is 0 Å². The minimum Gasteiger partial charge on any atom is -0.393 e. The van der Waals surface area contributed by atoms with Gasteiger partial charge in [-0.2, -0.15) is 0 Å². The van der Waals surface area contributed by atoms with Crippen LogP contribution in [0.15, 0.2) is 0 Å². The molecule has 0 aromatic heterocycles. The maximum Gasteiger partial charge on any atom is 0.0540 e. The van der Waals surface area contributed by atoms with E-state index >= 15 is 0 Å². The van der Waals surface area contributed by atoms with Crippen LogP contribution in [-0.4, -0.2) is 36.8 Å². The van der Waals surface area contributed by atoms with Gasteiger partial charge in [-0.05, 0) is 52.2 Å². The van der Waals surface area contributed by atoms with Crippen molar-refractivity contribution in [1.29, 1.82) is 0 Å². The third kappa shape index (κ3) is 8.26. The fourth-order valence-corrected chi connectivity index (χ4v) is 1.50. The van der Waals surface area contributed by atoms with Gasteiger partial charge in [-0.25, -0.2) is 0 Å². The Morgan fingerprint density at radius 1 is 1.31 bits per heavy atom. The van der Waals surface area contributed by atoms with Gasteiger partial charge in [0, 0.05) is 0 Å². The molecule has 0 aliphatic heterocycles. The number of rotatable bonds is 7. The molecule has 0 saturated carbocycles. The van der Waals surface area contributed by atoms with E-state index < -0.39 is 0 Å². The van der Waals surface area contributed by atoms with Gasteiger partial charge in [-0.1, -0.05) is 13.8 Å².